The maximum absolute atomic E-state index is 11.5. The number of ether oxygens (including phenoxy) is 1. The van der Waals surface area contributed by atoms with Crippen molar-refractivity contribution in [3.8, 4) is 12.3 Å². The molecule has 0 N–H and O–H groups in total. The first-order valence-corrected chi connectivity index (χ1v) is 5.03. The highest BCUT2D eigenvalue weighted by Gasteiger charge is 2.17. The summed E-state index contributed by atoms with van der Waals surface area (Å²) < 4.78 is 5.43. The van der Waals surface area contributed by atoms with Crippen LogP contribution >= 0.6 is 0 Å². The standard InChI is InChI=1S/C11H17NO2/c1-3-8-12(2)11(13)7-6-10-5-4-9-14-10/h1,10H,4-9H2,2H3. The second-order valence-corrected chi connectivity index (χ2v) is 3.63. The number of rotatable bonds is 4. The lowest BCUT2D eigenvalue weighted by Gasteiger charge is -2.15. The SMILES string of the molecule is C#CCN(C)C(=O)CCC1CCCO1. The lowest BCUT2D eigenvalue weighted by molar-refractivity contribution is -0.129. The van der Waals surface area contributed by atoms with Gasteiger partial charge in [-0.1, -0.05) is 5.92 Å². The lowest BCUT2D eigenvalue weighted by atomic mass is 10.1. The van der Waals surface area contributed by atoms with E-state index in [-0.39, 0.29) is 12.0 Å². The fraction of sp³-hybridized carbons (Fsp3) is 0.727. The molecule has 1 fully saturated rings. The molecule has 0 saturated carbocycles. The van der Waals surface area contributed by atoms with Crippen LogP contribution in [0, 0.1) is 12.3 Å². The maximum atomic E-state index is 11.5. The highest BCUT2D eigenvalue weighted by Crippen LogP contribution is 2.16. The van der Waals surface area contributed by atoms with Crippen LogP contribution < -0.4 is 0 Å². The molecule has 1 unspecified atom stereocenters. The van der Waals surface area contributed by atoms with Gasteiger partial charge in [0.1, 0.15) is 0 Å². The van der Waals surface area contributed by atoms with E-state index in [2.05, 4.69) is 5.92 Å². The van der Waals surface area contributed by atoms with Crippen LogP contribution in [0.25, 0.3) is 0 Å². The molecule has 3 nitrogen and oxygen atoms in total. The van der Waals surface area contributed by atoms with Gasteiger partial charge in [0, 0.05) is 20.1 Å². The Morgan fingerprint density at radius 3 is 3.07 bits per heavy atom. The van der Waals surface area contributed by atoms with Crippen molar-refractivity contribution in [2.75, 3.05) is 20.2 Å². The van der Waals surface area contributed by atoms with Crippen molar-refractivity contribution in [2.24, 2.45) is 0 Å². The van der Waals surface area contributed by atoms with Gasteiger partial charge in [-0.2, -0.15) is 0 Å². The summed E-state index contributed by atoms with van der Waals surface area (Å²) in [6.07, 6.45) is 8.99. The molecule has 1 atom stereocenters. The number of hydrogen-bond acceptors (Lipinski definition) is 2. The molecule has 1 saturated heterocycles. The van der Waals surface area contributed by atoms with E-state index in [1.54, 1.807) is 11.9 Å². The summed E-state index contributed by atoms with van der Waals surface area (Å²) in [5.74, 6) is 2.56. The van der Waals surface area contributed by atoms with E-state index in [0.717, 1.165) is 25.9 Å². The molecule has 0 aromatic carbocycles. The molecule has 3 heteroatoms. The third-order valence-electron chi connectivity index (χ3n) is 2.46. The summed E-state index contributed by atoms with van der Waals surface area (Å²) in [5, 5.41) is 0. The molecule has 0 radical (unpaired) electrons. The summed E-state index contributed by atoms with van der Waals surface area (Å²) in [7, 11) is 1.73. The van der Waals surface area contributed by atoms with Gasteiger partial charge in [0.05, 0.1) is 12.6 Å². The zero-order valence-electron chi connectivity index (χ0n) is 8.66. The van der Waals surface area contributed by atoms with Crippen LogP contribution in [0.1, 0.15) is 25.7 Å². The molecule has 0 aromatic heterocycles. The minimum absolute atomic E-state index is 0.110. The molecule has 0 aliphatic carbocycles. The van der Waals surface area contributed by atoms with E-state index in [9.17, 15) is 4.79 Å². The Labute approximate surface area is 85.4 Å². The number of carbonyl (C=O) groups excluding carboxylic acids is 1. The Kier molecular flexibility index (Phi) is 4.48. The van der Waals surface area contributed by atoms with Gasteiger partial charge in [0.25, 0.3) is 0 Å². The van der Waals surface area contributed by atoms with E-state index >= 15 is 0 Å². The minimum atomic E-state index is 0.110. The number of terminal acetylenes is 1. The molecule has 0 aromatic rings. The van der Waals surface area contributed by atoms with Crippen LogP contribution in [0.4, 0.5) is 0 Å². The second-order valence-electron chi connectivity index (χ2n) is 3.63. The Morgan fingerprint density at radius 1 is 1.71 bits per heavy atom. The summed E-state index contributed by atoms with van der Waals surface area (Å²) in [5.41, 5.74) is 0. The molecular formula is C11H17NO2. The normalized spacial score (nSPS) is 20.4. The van der Waals surface area contributed by atoms with Crippen LogP contribution in [0.5, 0.6) is 0 Å². The molecule has 1 rings (SSSR count). The van der Waals surface area contributed by atoms with Gasteiger partial charge in [-0.05, 0) is 19.3 Å². The summed E-state index contributed by atoms with van der Waals surface area (Å²) in [6, 6.07) is 0. The zero-order valence-corrected chi connectivity index (χ0v) is 8.66. The van der Waals surface area contributed by atoms with Crippen LogP contribution in [0.15, 0.2) is 0 Å². The van der Waals surface area contributed by atoms with Gasteiger partial charge in [0.15, 0.2) is 0 Å². The van der Waals surface area contributed by atoms with Crippen molar-refractivity contribution < 1.29 is 9.53 Å². The molecule has 1 aliphatic rings. The van der Waals surface area contributed by atoms with E-state index in [1.807, 2.05) is 0 Å². The lowest BCUT2D eigenvalue weighted by Crippen LogP contribution is -2.27. The molecule has 1 heterocycles. The predicted molar refractivity (Wildman–Crippen MR) is 54.7 cm³/mol. The first kappa shape index (κ1) is 11.1. The smallest absolute Gasteiger partial charge is 0.223 e. The summed E-state index contributed by atoms with van der Waals surface area (Å²) in [4.78, 5) is 13.0. The number of amides is 1. The minimum Gasteiger partial charge on any atom is -0.378 e. The molecule has 14 heavy (non-hydrogen) atoms. The number of nitrogens with zero attached hydrogens (tertiary/aromatic N) is 1. The summed E-state index contributed by atoms with van der Waals surface area (Å²) in [6.45, 7) is 1.24. The average molecular weight is 195 g/mol. The predicted octanol–water partition coefficient (Wildman–Crippen LogP) is 1.04. The Morgan fingerprint density at radius 2 is 2.50 bits per heavy atom. The maximum Gasteiger partial charge on any atom is 0.223 e. The second kappa shape index (κ2) is 5.66. The van der Waals surface area contributed by atoms with Gasteiger partial charge >= 0.3 is 0 Å². The number of hydrogen-bond donors (Lipinski definition) is 0. The van der Waals surface area contributed by atoms with Crippen molar-refractivity contribution in [1.82, 2.24) is 4.90 Å². The molecule has 0 bridgehead atoms. The van der Waals surface area contributed by atoms with Gasteiger partial charge in [-0.3, -0.25) is 4.79 Å². The Bertz CT molecular complexity index is 226. The van der Waals surface area contributed by atoms with E-state index < -0.39 is 0 Å². The highest BCUT2D eigenvalue weighted by atomic mass is 16.5. The van der Waals surface area contributed by atoms with E-state index in [4.69, 9.17) is 11.2 Å². The first-order chi connectivity index (χ1) is 6.74. The zero-order chi connectivity index (χ0) is 10.4. The number of carbonyl (C=O) groups is 1. The van der Waals surface area contributed by atoms with Crippen molar-refractivity contribution >= 4 is 5.91 Å². The molecular weight excluding hydrogens is 178 g/mol. The van der Waals surface area contributed by atoms with Crippen molar-refractivity contribution in [3.05, 3.63) is 0 Å². The van der Waals surface area contributed by atoms with Crippen LogP contribution in [0.3, 0.4) is 0 Å². The van der Waals surface area contributed by atoms with Crippen LogP contribution in [-0.2, 0) is 9.53 Å². The fourth-order valence-corrected chi connectivity index (χ4v) is 1.57. The van der Waals surface area contributed by atoms with Gasteiger partial charge < -0.3 is 9.64 Å². The van der Waals surface area contributed by atoms with Crippen LogP contribution in [0.2, 0.25) is 0 Å². The topological polar surface area (TPSA) is 29.5 Å². The Balaban J connectivity index is 2.17. The largest absolute Gasteiger partial charge is 0.378 e. The third-order valence-corrected chi connectivity index (χ3v) is 2.46. The average Bonchev–Trinajstić information content (AvgIpc) is 2.67. The molecule has 0 spiro atoms. The van der Waals surface area contributed by atoms with E-state index in [0.29, 0.717) is 13.0 Å². The van der Waals surface area contributed by atoms with Crippen molar-refractivity contribution in [2.45, 2.75) is 31.8 Å². The molecule has 78 valence electrons. The Hall–Kier alpha value is -1.01. The van der Waals surface area contributed by atoms with Gasteiger partial charge in [-0.25, -0.2) is 0 Å². The first-order valence-electron chi connectivity index (χ1n) is 5.03. The van der Waals surface area contributed by atoms with Crippen molar-refractivity contribution in [3.63, 3.8) is 0 Å². The molecule has 1 aliphatic heterocycles. The van der Waals surface area contributed by atoms with Crippen LogP contribution in [-0.4, -0.2) is 37.1 Å². The third kappa shape index (κ3) is 3.39. The van der Waals surface area contributed by atoms with E-state index in [1.165, 1.54) is 0 Å². The quantitative estimate of drug-likeness (QED) is 0.627. The van der Waals surface area contributed by atoms with Gasteiger partial charge in [0.2, 0.25) is 5.91 Å². The highest BCUT2D eigenvalue weighted by molar-refractivity contribution is 5.76. The fourth-order valence-electron chi connectivity index (χ4n) is 1.57. The summed E-state index contributed by atoms with van der Waals surface area (Å²) >= 11 is 0. The molecule has 1 amide bonds. The van der Waals surface area contributed by atoms with Crippen molar-refractivity contribution in [1.29, 1.82) is 0 Å². The monoisotopic (exact) mass is 195 g/mol. The van der Waals surface area contributed by atoms with Gasteiger partial charge in [-0.15, -0.1) is 6.42 Å².